The van der Waals surface area contributed by atoms with E-state index in [0.29, 0.717) is 6.04 Å². The minimum Gasteiger partial charge on any atom is -0.341 e. The third-order valence-corrected chi connectivity index (χ3v) is 3.32. The van der Waals surface area contributed by atoms with Crippen molar-refractivity contribution in [2.75, 3.05) is 11.9 Å². The number of hydrogen-bond acceptors (Lipinski definition) is 4. The van der Waals surface area contributed by atoms with Crippen molar-refractivity contribution in [2.45, 2.75) is 65.6 Å². The van der Waals surface area contributed by atoms with Crippen LogP contribution >= 0.6 is 0 Å². The highest BCUT2D eigenvalue weighted by Gasteiger charge is 2.14. The van der Waals surface area contributed by atoms with Crippen molar-refractivity contribution in [3.8, 4) is 0 Å². The first-order valence-corrected chi connectivity index (χ1v) is 7.16. The van der Waals surface area contributed by atoms with E-state index >= 15 is 0 Å². The topological polar surface area (TPSA) is 41.1 Å². The molecule has 0 radical (unpaired) electrons. The summed E-state index contributed by atoms with van der Waals surface area (Å²) in [5.74, 6) is 0.813. The molecule has 0 saturated carbocycles. The Morgan fingerprint density at radius 1 is 1.16 bits per heavy atom. The van der Waals surface area contributed by atoms with Gasteiger partial charge < -0.3 is 10.2 Å². The van der Waals surface area contributed by atoms with Gasteiger partial charge in [0.1, 0.15) is 0 Å². The van der Waals surface area contributed by atoms with E-state index in [1.165, 1.54) is 0 Å². The first-order chi connectivity index (χ1) is 8.87. The minimum atomic E-state index is 0.116. The predicted molar refractivity (Wildman–Crippen MR) is 81.4 cm³/mol. The third kappa shape index (κ3) is 5.15. The molecule has 0 bridgehead atoms. The van der Waals surface area contributed by atoms with Crippen molar-refractivity contribution < 1.29 is 0 Å². The second-order valence-electron chi connectivity index (χ2n) is 6.08. The van der Waals surface area contributed by atoms with Crippen molar-refractivity contribution in [3.63, 3.8) is 0 Å². The van der Waals surface area contributed by atoms with E-state index in [1.54, 1.807) is 0 Å². The van der Waals surface area contributed by atoms with Crippen LogP contribution in [-0.4, -0.2) is 28.6 Å². The van der Waals surface area contributed by atoms with Gasteiger partial charge in [-0.1, -0.05) is 13.8 Å². The van der Waals surface area contributed by atoms with Crippen LogP contribution in [0.1, 0.15) is 53.0 Å². The van der Waals surface area contributed by atoms with E-state index < -0.39 is 0 Å². The van der Waals surface area contributed by atoms with Crippen LogP contribution in [0.4, 0.5) is 5.95 Å². The van der Waals surface area contributed by atoms with Crippen LogP contribution in [0.3, 0.4) is 0 Å². The van der Waals surface area contributed by atoms with Crippen LogP contribution in [0.2, 0.25) is 0 Å². The van der Waals surface area contributed by atoms with E-state index in [-0.39, 0.29) is 5.54 Å². The van der Waals surface area contributed by atoms with Gasteiger partial charge in [0.15, 0.2) is 0 Å². The van der Waals surface area contributed by atoms with Gasteiger partial charge in [-0.05, 0) is 33.6 Å². The first kappa shape index (κ1) is 15.9. The van der Waals surface area contributed by atoms with E-state index in [2.05, 4.69) is 61.9 Å². The lowest BCUT2D eigenvalue weighted by Gasteiger charge is -2.26. The molecule has 4 nitrogen and oxygen atoms in total. The summed E-state index contributed by atoms with van der Waals surface area (Å²) < 4.78 is 0. The first-order valence-electron chi connectivity index (χ1n) is 7.16. The lowest BCUT2D eigenvalue weighted by Crippen LogP contribution is -2.35. The molecule has 0 fully saturated rings. The Bertz CT molecular complexity index is 363. The minimum absolute atomic E-state index is 0.116. The molecular formula is C15H28N4. The van der Waals surface area contributed by atoms with Gasteiger partial charge in [0, 0.05) is 43.1 Å². The number of anilines is 1. The summed E-state index contributed by atoms with van der Waals surface area (Å²) in [4.78, 5) is 11.1. The summed E-state index contributed by atoms with van der Waals surface area (Å²) in [5, 5.41) is 3.44. The van der Waals surface area contributed by atoms with Gasteiger partial charge in [0.2, 0.25) is 5.95 Å². The van der Waals surface area contributed by atoms with E-state index in [9.17, 15) is 0 Å². The van der Waals surface area contributed by atoms with Gasteiger partial charge in [-0.2, -0.15) is 0 Å². The van der Waals surface area contributed by atoms with Crippen LogP contribution in [0.5, 0.6) is 0 Å². The quantitative estimate of drug-likeness (QED) is 0.857. The van der Waals surface area contributed by atoms with Crippen molar-refractivity contribution >= 4 is 5.95 Å². The molecule has 108 valence electrons. The fraction of sp³-hybridized carbons (Fsp3) is 0.733. The van der Waals surface area contributed by atoms with E-state index in [0.717, 1.165) is 30.9 Å². The summed E-state index contributed by atoms with van der Waals surface area (Å²) >= 11 is 0. The average Bonchev–Trinajstić information content (AvgIpc) is 2.37. The molecule has 0 aromatic carbocycles. The molecule has 0 amide bonds. The zero-order valence-electron chi connectivity index (χ0n) is 13.2. The number of nitrogens with zero attached hydrogens (tertiary/aromatic N) is 3. The zero-order chi connectivity index (χ0) is 14.5. The number of aromatic nitrogens is 2. The summed E-state index contributed by atoms with van der Waals surface area (Å²) in [6.07, 6.45) is 6.06. The highest BCUT2D eigenvalue weighted by molar-refractivity contribution is 5.30. The predicted octanol–water partition coefficient (Wildman–Crippen LogP) is 2.99. The maximum Gasteiger partial charge on any atom is 0.225 e. The Labute approximate surface area is 117 Å². The Kier molecular flexibility index (Phi) is 5.73. The maximum absolute atomic E-state index is 4.47. The highest BCUT2D eigenvalue weighted by atomic mass is 15.2. The lowest BCUT2D eigenvalue weighted by atomic mass is 10.1. The van der Waals surface area contributed by atoms with Crippen LogP contribution in [-0.2, 0) is 6.54 Å². The molecule has 19 heavy (non-hydrogen) atoms. The van der Waals surface area contributed by atoms with Gasteiger partial charge >= 0.3 is 0 Å². The number of hydrogen-bond donors (Lipinski definition) is 1. The molecule has 1 heterocycles. The normalized spacial score (nSPS) is 11.9. The van der Waals surface area contributed by atoms with Gasteiger partial charge in [0.25, 0.3) is 0 Å². The number of rotatable bonds is 6. The van der Waals surface area contributed by atoms with Crippen molar-refractivity contribution in [1.82, 2.24) is 15.3 Å². The summed E-state index contributed by atoms with van der Waals surface area (Å²) in [5.41, 5.74) is 1.24. The molecule has 1 rings (SSSR count). The lowest BCUT2D eigenvalue weighted by molar-refractivity contribution is 0.423. The second-order valence-corrected chi connectivity index (χ2v) is 6.08. The van der Waals surface area contributed by atoms with Crippen molar-refractivity contribution in [1.29, 1.82) is 0 Å². The Morgan fingerprint density at radius 3 is 2.11 bits per heavy atom. The molecule has 4 heteroatoms. The number of nitrogens with one attached hydrogen (secondary N) is 1. The molecule has 0 aliphatic heterocycles. The molecule has 1 aromatic rings. The Morgan fingerprint density at radius 2 is 1.68 bits per heavy atom. The summed E-state index contributed by atoms with van der Waals surface area (Å²) in [6.45, 7) is 11.7. The molecule has 0 aliphatic rings. The molecule has 0 saturated heterocycles. The fourth-order valence-corrected chi connectivity index (χ4v) is 1.99. The van der Waals surface area contributed by atoms with Crippen LogP contribution in [0, 0.1) is 0 Å². The highest BCUT2D eigenvalue weighted by Crippen LogP contribution is 2.13. The van der Waals surface area contributed by atoms with E-state index in [4.69, 9.17) is 0 Å². The van der Waals surface area contributed by atoms with Crippen LogP contribution < -0.4 is 10.2 Å². The molecule has 0 aliphatic carbocycles. The molecular weight excluding hydrogens is 236 g/mol. The largest absolute Gasteiger partial charge is 0.341 e. The molecule has 0 atom stereocenters. The molecule has 1 N–H and O–H groups in total. The SMILES string of the molecule is CCC(CC)N(C)c1ncc(CNC(C)(C)C)cn1. The van der Waals surface area contributed by atoms with Gasteiger partial charge in [0.05, 0.1) is 0 Å². The standard InChI is InChI=1S/C15H28N4/c1-7-13(8-2)19(6)14-16-9-12(10-17-14)11-18-15(3,4)5/h9-10,13,18H,7-8,11H2,1-6H3. The summed E-state index contributed by atoms with van der Waals surface area (Å²) in [6, 6.07) is 0.513. The molecule has 0 spiro atoms. The van der Waals surface area contributed by atoms with E-state index in [1.807, 2.05) is 12.4 Å². The van der Waals surface area contributed by atoms with Gasteiger partial charge in [-0.25, -0.2) is 9.97 Å². The smallest absolute Gasteiger partial charge is 0.225 e. The average molecular weight is 264 g/mol. The zero-order valence-corrected chi connectivity index (χ0v) is 13.2. The second kappa shape index (κ2) is 6.85. The van der Waals surface area contributed by atoms with Crippen LogP contribution in [0.25, 0.3) is 0 Å². The Balaban J connectivity index is 2.65. The summed E-state index contributed by atoms with van der Waals surface area (Å²) in [7, 11) is 2.07. The molecule has 1 aromatic heterocycles. The van der Waals surface area contributed by atoms with Crippen LogP contribution in [0.15, 0.2) is 12.4 Å². The van der Waals surface area contributed by atoms with Crippen molar-refractivity contribution in [3.05, 3.63) is 18.0 Å². The molecule has 0 unspecified atom stereocenters. The Hall–Kier alpha value is -1.16. The van der Waals surface area contributed by atoms with Gasteiger partial charge in [-0.15, -0.1) is 0 Å². The monoisotopic (exact) mass is 264 g/mol. The maximum atomic E-state index is 4.47. The fourth-order valence-electron chi connectivity index (χ4n) is 1.99. The van der Waals surface area contributed by atoms with Gasteiger partial charge in [-0.3, -0.25) is 0 Å². The van der Waals surface area contributed by atoms with Crippen molar-refractivity contribution in [2.24, 2.45) is 0 Å². The third-order valence-electron chi connectivity index (χ3n) is 3.32.